The van der Waals surface area contributed by atoms with E-state index in [9.17, 15) is 4.79 Å². The second kappa shape index (κ2) is 5.21. The number of para-hydroxylation sites is 2. The van der Waals surface area contributed by atoms with Crippen LogP contribution in [0.15, 0.2) is 24.3 Å². The molecule has 1 atom stereocenters. The zero-order valence-electron chi connectivity index (χ0n) is 12.9. The molecule has 23 heavy (non-hydrogen) atoms. The second-order valence-electron chi connectivity index (χ2n) is 6.98. The predicted molar refractivity (Wildman–Crippen MR) is 90.9 cm³/mol. The second-order valence-corrected chi connectivity index (χ2v) is 6.98. The Balaban J connectivity index is 0.00000135. The third-order valence-electron chi connectivity index (χ3n) is 5.87. The van der Waals surface area contributed by atoms with Crippen LogP contribution in [0, 0.1) is 5.92 Å². The quantitative estimate of drug-likeness (QED) is 0.887. The minimum Gasteiger partial charge on any atom is -0.344 e. The molecule has 3 saturated heterocycles. The Morgan fingerprint density at radius 3 is 2.70 bits per heavy atom. The molecule has 2 N–H and O–H groups in total. The summed E-state index contributed by atoms with van der Waals surface area (Å²) in [5.74, 6) is 1.02. The zero-order valence-corrected chi connectivity index (χ0v) is 13.7. The van der Waals surface area contributed by atoms with Gasteiger partial charge in [0, 0.05) is 5.54 Å². The summed E-state index contributed by atoms with van der Waals surface area (Å²) in [4.78, 5) is 22.8. The lowest BCUT2D eigenvalue weighted by atomic mass is 9.77. The number of aromatic amines is 1. The Morgan fingerprint density at radius 2 is 2.00 bits per heavy atom. The fourth-order valence-corrected chi connectivity index (χ4v) is 4.59. The summed E-state index contributed by atoms with van der Waals surface area (Å²) in [5, 5.41) is 3.31. The van der Waals surface area contributed by atoms with Crippen molar-refractivity contribution < 1.29 is 4.79 Å². The van der Waals surface area contributed by atoms with Crippen LogP contribution in [0.5, 0.6) is 0 Å². The minimum absolute atomic E-state index is 0. The fraction of sp³-hybridized carbons (Fsp3) is 0.529. The molecule has 0 unspecified atom stereocenters. The molecule has 4 aliphatic rings. The van der Waals surface area contributed by atoms with Crippen LogP contribution >= 0.6 is 12.4 Å². The maximum absolute atomic E-state index is 12.7. The van der Waals surface area contributed by atoms with Crippen LogP contribution < -0.4 is 5.32 Å². The largest absolute Gasteiger partial charge is 0.344 e. The van der Waals surface area contributed by atoms with Gasteiger partial charge in [0.15, 0.2) is 5.82 Å². The van der Waals surface area contributed by atoms with E-state index in [-0.39, 0.29) is 23.9 Å². The van der Waals surface area contributed by atoms with Crippen molar-refractivity contribution in [2.24, 2.45) is 5.92 Å². The van der Waals surface area contributed by atoms with Gasteiger partial charge in [-0.3, -0.25) is 9.69 Å². The normalized spacial score (nSPS) is 30.2. The number of nitrogens with one attached hydrogen (secondary N) is 2. The summed E-state index contributed by atoms with van der Waals surface area (Å²) >= 11 is 0. The molecule has 1 aromatic heterocycles. The number of fused-ring (bicyclic) bond motifs is 3. The molecule has 2 bridgehead atoms. The zero-order chi connectivity index (χ0) is 14.7. The van der Waals surface area contributed by atoms with Gasteiger partial charge >= 0.3 is 0 Å². The number of H-pyrrole nitrogens is 1. The molecular weight excluding hydrogens is 312 g/mol. The summed E-state index contributed by atoms with van der Waals surface area (Å²) in [6, 6.07) is 8.08. The molecule has 6 rings (SSSR count). The smallest absolute Gasteiger partial charge is 0.287 e. The molecule has 1 saturated carbocycles. The van der Waals surface area contributed by atoms with Gasteiger partial charge in [-0.15, -0.1) is 12.4 Å². The van der Waals surface area contributed by atoms with Crippen LogP contribution in [-0.4, -0.2) is 45.4 Å². The van der Waals surface area contributed by atoms with Crippen molar-refractivity contribution in [2.45, 2.75) is 37.3 Å². The van der Waals surface area contributed by atoms with Crippen molar-refractivity contribution >= 4 is 29.3 Å². The Bertz CT molecular complexity index is 713. The van der Waals surface area contributed by atoms with E-state index in [0.29, 0.717) is 17.8 Å². The molecule has 1 aromatic carbocycles. The number of nitrogens with zero attached hydrogens (tertiary/aromatic N) is 2. The van der Waals surface area contributed by atoms with Crippen LogP contribution in [0.1, 0.15) is 36.3 Å². The monoisotopic (exact) mass is 332 g/mol. The number of carbonyl (C=O) groups excluding carboxylic acids is 1. The topological polar surface area (TPSA) is 61.0 Å². The van der Waals surface area contributed by atoms with Crippen LogP contribution in [0.2, 0.25) is 0 Å². The molecule has 4 fully saturated rings. The first-order valence-corrected chi connectivity index (χ1v) is 8.27. The van der Waals surface area contributed by atoms with Crippen molar-refractivity contribution in [1.29, 1.82) is 0 Å². The van der Waals surface area contributed by atoms with E-state index in [1.165, 1.54) is 38.8 Å². The van der Waals surface area contributed by atoms with Gasteiger partial charge in [-0.05, 0) is 56.8 Å². The van der Waals surface area contributed by atoms with Gasteiger partial charge in [-0.2, -0.15) is 0 Å². The lowest BCUT2D eigenvalue weighted by Gasteiger charge is -2.52. The SMILES string of the molecule is Cl.O=C(N[C@@H]1C2CCN(CC2)C12CC2)c1nc2ccccc2[nH]1. The summed E-state index contributed by atoms with van der Waals surface area (Å²) in [6.45, 7) is 2.42. The standard InChI is InChI=1S/C17H20N4O.ClH/c22-16(15-18-12-3-1-2-4-13(12)19-15)20-14-11-5-9-21(10-6-11)17(14)7-8-17;/h1-4,11,14H,5-10H2,(H,18,19)(H,20,22);1H/t14-;/m1./s1. The molecule has 1 amide bonds. The van der Waals surface area contributed by atoms with E-state index in [1.54, 1.807) is 0 Å². The molecule has 1 spiro atoms. The highest BCUT2D eigenvalue weighted by molar-refractivity contribution is 5.94. The van der Waals surface area contributed by atoms with Gasteiger partial charge < -0.3 is 10.3 Å². The lowest BCUT2D eigenvalue weighted by Crippen LogP contribution is -2.65. The van der Waals surface area contributed by atoms with Crippen LogP contribution in [0.25, 0.3) is 11.0 Å². The van der Waals surface area contributed by atoms with Gasteiger partial charge in [0.05, 0.1) is 17.1 Å². The molecule has 122 valence electrons. The number of carbonyl (C=O) groups is 1. The van der Waals surface area contributed by atoms with Crippen molar-refractivity contribution in [3.63, 3.8) is 0 Å². The van der Waals surface area contributed by atoms with Gasteiger partial charge in [0.1, 0.15) is 0 Å². The molecule has 5 nitrogen and oxygen atoms in total. The number of hydrogen-bond donors (Lipinski definition) is 2. The van der Waals surface area contributed by atoms with E-state index in [2.05, 4.69) is 20.2 Å². The van der Waals surface area contributed by atoms with E-state index in [4.69, 9.17) is 0 Å². The van der Waals surface area contributed by atoms with E-state index >= 15 is 0 Å². The third-order valence-corrected chi connectivity index (χ3v) is 5.87. The number of halogens is 1. The summed E-state index contributed by atoms with van der Waals surface area (Å²) in [5.41, 5.74) is 2.04. The first-order chi connectivity index (χ1) is 10.8. The summed E-state index contributed by atoms with van der Waals surface area (Å²) in [6.07, 6.45) is 4.89. The molecule has 6 heteroatoms. The molecule has 0 radical (unpaired) electrons. The maximum Gasteiger partial charge on any atom is 0.287 e. The summed E-state index contributed by atoms with van der Waals surface area (Å²) in [7, 11) is 0. The first-order valence-electron chi connectivity index (χ1n) is 8.27. The van der Waals surface area contributed by atoms with Gasteiger partial charge in [0.2, 0.25) is 0 Å². The average molecular weight is 333 g/mol. The first kappa shape index (κ1) is 15.0. The minimum atomic E-state index is -0.0544. The Hall–Kier alpha value is -1.59. The third kappa shape index (κ3) is 2.17. The fourth-order valence-electron chi connectivity index (χ4n) is 4.59. The number of imidazole rings is 1. The number of amides is 1. The van der Waals surface area contributed by atoms with Crippen molar-refractivity contribution in [1.82, 2.24) is 20.2 Å². The van der Waals surface area contributed by atoms with Gasteiger partial charge in [0.25, 0.3) is 5.91 Å². The highest BCUT2D eigenvalue weighted by atomic mass is 35.5. The van der Waals surface area contributed by atoms with Crippen LogP contribution in [0.3, 0.4) is 0 Å². The average Bonchev–Trinajstić information content (AvgIpc) is 3.20. The number of piperidine rings is 3. The molecule has 3 aliphatic heterocycles. The van der Waals surface area contributed by atoms with Crippen molar-refractivity contribution in [2.75, 3.05) is 13.1 Å². The van der Waals surface area contributed by atoms with Crippen LogP contribution in [0.4, 0.5) is 0 Å². The Kier molecular flexibility index (Phi) is 3.39. The van der Waals surface area contributed by atoms with Crippen LogP contribution in [-0.2, 0) is 0 Å². The lowest BCUT2D eigenvalue weighted by molar-refractivity contribution is -0.00159. The summed E-state index contributed by atoms with van der Waals surface area (Å²) < 4.78 is 0. The highest BCUT2D eigenvalue weighted by Gasteiger charge is 2.60. The van der Waals surface area contributed by atoms with Crippen molar-refractivity contribution in [3.05, 3.63) is 30.1 Å². The number of hydrogen-bond acceptors (Lipinski definition) is 3. The Labute approximate surface area is 141 Å². The van der Waals surface area contributed by atoms with Crippen molar-refractivity contribution in [3.8, 4) is 0 Å². The number of benzene rings is 1. The number of rotatable bonds is 2. The molecule has 2 aromatic rings. The predicted octanol–water partition coefficient (Wildman–Crippen LogP) is 2.34. The van der Waals surface area contributed by atoms with Gasteiger partial charge in [-0.25, -0.2) is 4.98 Å². The molecule has 1 aliphatic carbocycles. The van der Waals surface area contributed by atoms with E-state index in [1.807, 2.05) is 24.3 Å². The van der Waals surface area contributed by atoms with E-state index < -0.39 is 0 Å². The van der Waals surface area contributed by atoms with E-state index in [0.717, 1.165) is 11.0 Å². The maximum atomic E-state index is 12.7. The number of aromatic nitrogens is 2. The Morgan fingerprint density at radius 1 is 1.26 bits per heavy atom. The highest BCUT2D eigenvalue weighted by Crippen LogP contribution is 2.53. The molecular formula is C17H21ClN4O. The van der Waals surface area contributed by atoms with Gasteiger partial charge in [-0.1, -0.05) is 12.1 Å². The molecule has 4 heterocycles.